The van der Waals surface area contributed by atoms with E-state index >= 15 is 0 Å². The van der Waals surface area contributed by atoms with Crippen molar-refractivity contribution in [2.24, 2.45) is 0 Å². The number of amides is 1. The van der Waals surface area contributed by atoms with Crippen LogP contribution in [0.3, 0.4) is 0 Å². The van der Waals surface area contributed by atoms with Gasteiger partial charge in [-0.25, -0.2) is 4.79 Å². The van der Waals surface area contributed by atoms with Crippen molar-refractivity contribution in [1.82, 2.24) is 15.3 Å². The number of hydrogen-bond acceptors (Lipinski definition) is 6. The lowest BCUT2D eigenvalue weighted by Gasteiger charge is -2.34. The number of imidazole rings is 1. The lowest BCUT2D eigenvalue weighted by Crippen LogP contribution is -2.45. The van der Waals surface area contributed by atoms with E-state index in [9.17, 15) is 14.7 Å². The number of alkyl halides is 1. The highest BCUT2D eigenvalue weighted by Gasteiger charge is 2.20. The van der Waals surface area contributed by atoms with Crippen molar-refractivity contribution in [3.8, 4) is 5.75 Å². The SMILES string of the molecule is O=C(CCl)Nc1ccc(N2CCC(NC[C@H](O)COc3cccc4[nH]c(=O)[nH]c34)CC2)cc1. The standard InChI is InChI=1S/C23H28ClN5O4/c24-12-21(31)26-16-4-6-17(7-5-16)29-10-8-15(9-11-29)25-13-18(30)14-33-20-3-1-2-19-22(20)28-23(32)27-19/h1-7,15,18,25,30H,8-14H2,(H,26,31)(H2,27,28,32)/t18-/m0/s1. The van der Waals surface area contributed by atoms with Crippen molar-refractivity contribution in [3.05, 3.63) is 52.9 Å². The Hall–Kier alpha value is -3.01. The first-order chi connectivity index (χ1) is 16.0. The second-order valence-corrected chi connectivity index (χ2v) is 8.39. The van der Waals surface area contributed by atoms with Crippen LogP contribution in [0.2, 0.25) is 0 Å². The molecule has 1 aliphatic heterocycles. The van der Waals surface area contributed by atoms with Crippen LogP contribution >= 0.6 is 11.6 Å². The Morgan fingerprint density at radius 1 is 1.18 bits per heavy atom. The smallest absolute Gasteiger partial charge is 0.323 e. The minimum Gasteiger partial charge on any atom is -0.489 e. The van der Waals surface area contributed by atoms with Gasteiger partial charge in [-0.2, -0.15) is 0 Å². The van der Waals surface area contributed by atoms with Crippen molar-refractivity contribution >= 4 is 39.9 Å². The van der Waals surface area contributed by atoms with Crippen LogP contribution in [0.1, 0.15) is 12.8 Å². The average molecular weight is 474 g/mol. The zero-order valence-corrected chi connectivity index (χ0v) is 18.9. The van der Waals surface area contributed by atoms with Gasteiger partial charge < -0.3 is 35.3 Å². The van der Waals surface area contributed by atoms with Gasteiger partial charge in [-0.15, -0.1) is 11.6 Å². The molecule has 2 heterocycles. The fourth-order valence-corrected chi connectivity index (χ4v) is 4.06. The number of nitrogens with one attached hydrogen (secondary N) is 4. The number of benzene rings is 2. The van der Waals surface area contributed by atoms with Gasteiger partial charge in [-0.3, -0.25) is 4.79 Å². The number of anilines is 2. The van der Waals surface area contributed by atoms with Crippen LogP contribution in [0.4, 0.5) is 11.4 Å². The first-order valence-electron chi connectivity index (χ1n) is 11.0. The van der Waals surface area contributed by atoms with E-state index in [1.165, 1.54) is 0 Å². The Labute approximate surface area is 196 Å². The fraction of sp³-hybridized carbons (Fsp3) is 0.391. The first-order valence-corrected chi connectivity index (χ1v) is 11.5. The van der Waals surface area contributed by atoms with Crippen LogP contribution in [0, 0.1) is 0 Å². The first kappa shape index (κ1) is 23.2. The molecule has 3 aromatic rings. The maximum atomic E-state index is 11.5. The van der Waals surface area contributed by atoms with E-state index in [0.717, 1.165) is 37.3 Å². The third kappa shape index (κ3) is 6.07. The Morgan fingerprint density at radius 3 is 2.67 bits per heavy atom. The maximum absolute atomic E-state index is 11.5. The molecule has 33 heavy (non-hydrogen) atoms. The number of halogens is 1. The zero-order valence-electron chi connectivity index (χ0n) is 18.1. The molecule has 5 N–H and O–H groups in total. The fourth-order valence-electron chi connectivity index (χ4n) is 3.99. The molecule has 1 amide bonds. The number of hydrogen-bond donors (Lipinski definition) is 5. The molecule has 4 rings (SSSR count). The topological polar surface area (TPSA) is 122 Å². The molecule has 1 saturated heterocycles. The Kier molecular flexibility index (Phi) is 7.54. The summed E-state index contributed by atoms with van der Waals surface area (Å²) in [5.74, 6) is 0.249. The van der Waals surface area contributed by atoms with Crippen LogP contribution in [-0.4, -0.2) is 65.2 Å². The molecule has 1 aromatic heterocycles. The highest BCUT2D eigenvalue weighted by atomic mass is 35.5. The van der Waals surface area contributed by atoms with Crippen LogP contribution in [0.25, 0.3) is 11.0 Å². The molecule has 10 heteroatoms. The van der Waals surface area contributed by atoms with Crippen LogP contribution in [0.5, 0.6) is 5.75 Å². The molecular formula is C23H28ClN5O4. The summed E-state index contributed by atoms with van der Waals surface area (Å²) < 4.78 is 5.73. The molecular weight excluding hydrogens is 446 g/mol. The molecule has 0 radical (unpaired) electrons. The van der Waals surface area contributed by atoms with Gasteiger partial charge in [0.05, 0.1) is 5.52 Å². The van der Waals surface area contributed by atoms with Crippen molar-refractivity contribution in [2.75, 3.05) is 42.3 Å². The molecule has 0 saturated carbocycles. The number of rotatable bonds is 9. The number of aliphatic hydroxyl groups excluding tert-OH is 1. The van der Waals surface area contributed by atoms with Crippen molar-refractivity contribution in [3.63, 3.8) is 0 Å². The zero-order chi connectivity index (χ0) is 23.2. The third-order valence-corrected chi connectivity index (χ3v) is 5.96. The van der Waals surface area contributed by atoms with Gasteiger partial charge in [-0.05, 0) is 49.2 Å². The number of carbonyl (C=O) groups is 1. The molecule has 9 nitrogen and oxygen atoms in total. The number of H-pyrrole nitrogens is 2. The van der Waals surface area contributed by atoms with Gasteiger partial charge in [0, 0.05) is 37.1 Å². The number of para-hydroxylation sites is 1. The van der Waals surface area contributed by atoms with E-state index in [1.54, 1.807) is 18.2 Å². The van der Waals surface area contributed by atoms with Gasteiger partial charge >= 0.3 is 5.69 Å². The van der Waals surface area contributed by atoms with Crippen LogP contribution < -0.4 is 26.0 Å². The second-order valence-electron chi connectivity index (χ2n) is 8.12. The summed E-state index contributed by atoms with van der Waals surface area (Å²) in [6, 6.07) is 13.4. The largest absolute Gasteiger partial charge is 0.489 e. The van der Waals surface area contributed by atoms with Crippen molar-refractivity contribution in [2.45, 2.75) is 25.0 Å². The number of carbonyl (C=O) groups excluding carboxylic acids is 1. The number of aliphatic hydroxyl groups is 1. The van der Waals surface area contributed by atoms with E-state index in [1.807, 2.05) is 24.3 Å². The second kappa shape index (κ2) is 10.7. The number of fused-ring (bicyclic) bond motifs is 1. The van der Waals surface area contributed by atoms with Crippen LogP contribution in [-0.2, 0) is 4.79 Å². The normalized spacial score (nSPS) is 15.5. The van der Waals surface area contributed by atoms with E-state index in [-0.39, 0.29) is 24.1 Å². The maximum Gasteiger partial charge on any atom is 0.323 e. The van der Waals surface area contributed by atoms with Crippen molar-refractivity contribution in [1.29, 1.82) is 0 Å². The van der Waals surface area contributed by atoms with Gasteiger partial charge in [0.25, 0.3) is 0 Å². The predicted octanol–water partition coefficient (Wildman–Crippen LogP) is 2.03. The van der Waals surface area contributed by atoms with Crippen molar-refractivity contribution < 1.29 is 14.6 Å². The average Bonchev–Trinajstić information content (AvgIpc) is 3.23. The number of aromatic amines is 2. The van der Waals surface area contributed by atoms with E-state index in [2.05, 4.69) is 25.5 Å². The lowest BCUT2D eigenvalue weighted by atomic mass is 10.0. The summed E-state index contributed by atoms with van der Waals surface area (Å²) in [4.78, 5) is 30.6. The van der Waals surface area contributed by atoms with E-state index in [0.29, 0.717) is 29.4 Å². The summed E-state index contributed by atoms with van der Waals surface area (Å²) in [6.45, 7) is 2.37. The Morgan fingerprint density at radius 2 is 1.94 bits per heavy atom. The van der Waals surface area contributed by atoms with Gasteiger partial charge in [0.2, 0.25) is 5.91 Å². The van der Waals surface area contributed by atoms with Crippen LogP contribution in [0.15, 0.2) is 47.3 Å². The summed E-state index contributed by atoms with van der Waals surface area (Å²) in [7, 11) is 0. The molecule has 0 aliphatic carbocycles. The predicted molar refractivity (Wildman–Crippen MR) is 129 cm³/mol. The minimum atomic E-state index is -0.667. The van der Waals surface area contributed by atoms with Gasteiger partial charge in [0.1, 0.15) is 29.9 Å². The van der Waals surface area contributed by atoms with Gasteiger partial charge in [-0.1, -0.05) is 6.07 Å². The summed E-state index contributed by atoms with van der Waals surface area (Å²) in [5, 5.41) is 16.5. The quantitative estimate of drug-likeness (QED) is 0.303. The number of aromatic nitrogens is 2. The number of ether oxygens (including phenoxy) is 1. The molecule has 2 aromatic carbocycles. The molecule has 0 unspecified atom stereocenters. The molecule has 0 spiro atoms. The number of piperidine rings is 1. The molecule has 1 aliphatic rings. The highest BCUT2D eigenvalue weighted by molar-refractivity contribution is 6.29. The molecule has 176 valence electrons. The summed E-state index contributed by atoms with van der Waals surface area (Å²) in [5.41, 5.74) is 2.83. The van der Waals surface area contributed by atoms with E-state index < -0.39 is 6.10 Å². The Bertz CT molecular complexity index is 1120. The van der Waals surface area contributed by atoms with Gasteiger partial charge in [0.15, 0.2) is 0 Å². The lowest BCUT2D eigenvalue weighted by molar-refractivity contribution is -0.113. The summed E-state index contributed by atoms with van der Waals surface area (Å²) >= 11 is 5.52. The third-order valence-electron chi connectivity index (χ3n) is 5.72. The summed E-state index contributed by atoms with van der Waals surface area (Å²) in [6.07, 6.45) is 1.25. The number of nitrogens with zero attached hydrogens (tertiary/aromatic N) is 1. The molecule has 0 bridgehead atoms. The molecule has 1 atom stereocenters. The Balaban J connectivity index is 1.19. The van der Waals surface area contributed by atoms with E-state index in [4.69, 9.17) is 16.3 Å². The highest BCUT2D eigenvalue weighted by Crippen LogP contribution is 2.23. The molecule has 1 fully saturated rings. The monoisotopic (exact) mass is 473 g/mol. The minimum absolute atomic E-state index is 0.0625.